The van der Waals surface area contributed by atoms with Gasteiger partial charge < -0.3 is 9.84 Å². The van der Waals surface area contributed by atoms with Crippen molar-refractivity contribution in [1.29, 1.82) is 0 Å². The maximum atomic E-state index is 10.3. The van der Waals surface area contributed by atoms with Gasteiger partial charge in [0.05, 0.1) is 6.61 Å². The lowest BCUT2D eigenvalue weighted by Crippen LogP contribution is -1.96. The summed E-state index contributed by atoms with van der Waals surface area (Å²) in [6, 6.07) is 9.96. The van der Waals surface area contributed by atoms with Crippen molar-refractivity contribution in [2.45, 2.75) is 64.2 Å². The molecule has 0 aromatic heterocycles. The minimum absolute atomic E-state index is 0.321. The first-order valence-electron chi connectivity index (χ1n) is 8.18. The van der Waals surface area contributed by atoms with Gasteiger partial charge in [0, 0.05) is 6.42 Å². The fourth-order valence-corrected chi connectivity index (χ4v) is 2.32. The monoisotopic (exact) mass is 292 g/mol. The molecule has 0 spiro atoms. The summed E-state index contributed by atoms with van der Waals surface area (Å²) < 4.78 is 5.65. The first-order chi connectivity index (χ1) is 10.3. The van der Waals surface area contributed by atoms with Gasteiger partial charge in [-0.25, -0.2) is 0 Å². The summed E-state index contributed by atoms with van der Waals surface area (Å²) >= 11 is 0. The largest absolute Gasteiger partial charge is 0.494 e. The Morgan fingerprint density at radius 3 is 1.90 bits per heavy atom. The minimum atomic E-state index is -0.673. The molecule has 0 atom stereocenters. The summed E-state index contributed by atoms with van der Waals surface area (Å²) in [6.45, 7) is 0.805. The second-order valence-corrected chi connectivity index (χ2v) is 5.49. The Morgan fingerprint density at radius 1 is 0.810 bits per heavy atom. The number of carboxylic acid groups (broad SMARTS) is 1. The van der Waals surface area contributed by atoms with E-state index in [0.717, 1.165) is 31.6 Å². The number of carboxylic acids is 1. The molecule has 3 heteroatoms. The molecule has 0 amide bonds. The third-order valence-electron chi connectivity index (χ3n) is 3.55. The van der Waals surface area contributed by atoms with Crippen molar-refractivity contribution >= 4 is 5.97 Å². The number of para-hydroxylation sites is 1. The van der Waals surface area contributed by atoms with Crippen LogP contribution in [0.1, 0.15) is 64.2 Å². The van der Waals surface area contributed by atoms with Crippen LogP contribution in [-0.4, -0.2) is 17.7 Å². The smallest absolute Gasteiger partial charge is 0.303 e. The zero-order valence-electron chi connectivity index (χ0n) is 12.9. The molecule has 1 aromatic carbocycles. The highest BCUT2D eigenvalue weighted by Gasteiger charge is 1.97. The van der Waals surface area contributed by atoms with Gasteiger partial charge in [-0.05, 0) is 25.0 Å². The number of carbonyl (C=O) groups is 1. The van der Waals surface area contributed by atoms with Crippen LogP contribution in [0.15, 0.2) is 30.3 Å². The molecule has 3 nitrogen and oxygen atoms in total. The molecular weight excluding hydrogens is 264 g/mol. The Hall–Kier alpha value is -1.51. The van der Waals surface area contributed by atoms with Crippen LogP contribution in [0.5, 0.6) is 5.75 Å². The number of aliphatic carboxylic acids is 1. The van der Waals surface area contributed by atoms with E-state index in [0.29, 0.717) is 6.42 Å². The lowest BCUT2D eigenvalue weighted by Gasteiger charge is -2.05. The van der Waals surface area contributed by atoms with Crippen molar-refractivity contribution in [3.8, 4) is 5.75 Å². The molecule has 1 aromatic rings. The highest BCUT2D eigenvalue weighted by molar-refractivity contribution is 5.66. The van der Waals surface area contributed by atoms with Gasteiger partial charge in [-0.3, -0.25) is 4.79 Å². The highest BCUT2D eigenvalue weighted by Crippen LogP contribution is 2.12. The first kappa shape index (κ1) is 17.5. The Morgan fingerprint density at radius 2 is 1.33 bits per heavy atom. The van der Waals surface area contributed by atoms with E-state index < -0.39 is 5.97 Å². The zero-order chi connectivity index (χ0) is 15.2. The molecule has 0 fully saturated rings. The number of benzene rings is 1. The molecule has 0 aliphatic heterocycles. The van der Waals surface area contributed by atoms with Crippen LogP contribution in [0.2, 0.25) is 0 Å². The summed E-state index contributed by atoms with van der Waals surface area (Å²) in [6.07, 6.45) is 10.8. The van der Waals surface area contributed by atoms with Crippen LogP contribution in [0, 0.1) is 0 Å². The molecule has 0 radical (unpaired) electrons. The lowest BCUT2D eigenvalue weighted by atomic mass is 10.1. The van der Waals surface area contributed by atoms with Gasteiger partial charge in [0.25, 0.3) is 0 Å². The van der Waals surface area contributed by atoms with Crippen LogP contribution in [0.3, 0.4) is 0 Å². The normalized spacial score (nSPS) is 10.5. The van der Waals surface area contributed by atoms with E-state index in [4.69, 9.17) is 9.84 Å². The average molecular weight is 292 g/mol. The van der Waals surface area contributed by atoms with Gasteiger partial charge in [0.15, 0.2) is 0 Å². The SMILES string of the molecule is O=C(O)CCCCCCCCCCCOc1ccccc1. The van der Waals surface area contributed by atoms with Crippen LogP contribution >= 0.6 is 0 Å². The van der Waals surface area contributed by atoms with Crippen LogP contribution in [-0.2, 0) is 4.79 Å². The van der Waals surface area contributed by atoms with Gasteiger partial charge >= 0.3 is 5.97 Å². The summed E-state index contributed by atoms with van der Waals surface area (Å²) in [5.74, 6) is 0.284. The van der Waals surface area contributed by atoms with E-state index >= 15 is 0 Å². The maximum absolute atomic E-state index is 10.3. The number of ether oxygens (including phenoxy) is 1. The molecule has 0 saturated carbocycles. The minimum Gasteiger partial charge on any atom is -0.494 e. The Labute approximate surface area is 128 Å². The van der Waals surface area contributed by atoms with Crippen LogP contribution in [0.25, 0.3) is 0 Å². The predicted octanol–water partition coefficient (Wildman–Crippen LogP) is 5.05. The van der Waals surface area contributed by atoms with Crippen LogP contribution in [0.4, 0.5) is 0 Å². The van der Waals surface area contributed by atoms with Crippen molar-refractivity contribution in [3.63, 3.8) is 0 Å². The summed E-state index contributed by atoms with van der Waals surface area (Å²) in [5, 5.41) is 8.52. The Balaban J connectivity index is 1.78. The summed E-state index contributed by atoms with van der Waals surface area (Å²) in [5.41, 5.74) is 0. The van der Waals surface area contributed by atoms with Gasteiger partial charge in [-0.2, -0.15) is 0 Å². The second-order valence-electron chi connectivity index (χ2n) is 5.49. The second kappa shape index (κ2) is 12.2. The molecule has 1 rings (SSSR count). The van der Waals surface area contributed by atoms with Crippen molar-refractivity contribution < 1.29 is 14.6 Å². The molecule has 0 heterocycles. The number of rotatable bonds is 13. The number of hydrogen-bond donors (Lipinski definition) is 1. The van der Waals surface area contributed by atoms with E-state index in [-0.39, 0.29) is 0 Å². The molecule has 1 N–H and O–H groups in total. The van der Waals surface area contributed by atoms with Gasteiger partial charge in [-0.15, -0.1) is 0 Å². The van der Waals surface area contributed by atoms with E-state index in [2.05, 4.69) is 0 Å². The highest BCUT2D eigenvalue weighted by atomic mass is 16.5. The third-order valence-corrected chi connectivity index (χ3v) is 3.55. The van der Waals surface area contributed by atoms with E-state index in [1.165, 1.54) is 38.5 Å². The van der Waals surface area contributed by atoms with E-state index in [9.17, 15) is 4.79 Å². The van der Waals surface area contributed by atoms with Gasteiger partial charge in [-0.1, -0.05) is 63.1 Å². The molecule has 0 aliphatic carbocycles. The first-order valence-corrected chi connectivity index (χ1v) is 8.18. The van der Waals surface area contributed by atoms with E-state index in [1.54, 1.807) is 0 Å². The number of hydrogen-bond acceptors (Lipinski definition) is 2. The summed E-state index contributed by atoms with van der Waals surface area (Å²) in [7, 11) is 0. The van der Waals surface area contributed by atoms with Gasteiger partial charge in [0.2, 0.25) is 0 Å². The quantitative estimate of drug-likeness (QED) is 0.517. The van der Waals surface area contributed by atoms with Crippen molar-refractivity contribution in [2.24, 2.45) is 0 Å². The molecule has 118 valence electrons. The Bertz CT molecular complexity index is 362. The average Bonchev–Trinajstić information content (AvgIpc) is 2.49. The van der Waals surface area contributed by atoms with Crippen molar-refractivity contribution in [2.75, 3.05) is 6.61 Å². The predicted molar refractivity (Wildman–Crippen MR) is 85.7 cm³/mol. The molecule has 0 bridgehead atoms. The van der Waals surface area contributed by atoms with Crippen molar-refractivity contribution in [3.05, 3.63) is 30.3 Å². The Kier molecular flexibility index (Phi) is 10.2. The lowest BCUT2D eigenvalue weighted by molar-refractivity contribution is -0.137. The third kappa shape index (κ3) is 10.9. The fourth-order valence-electron chi connectivity index (χ4n) is 2.32. The molecule has 0 aliphatic rings. The topological polar surface area (TPSA) is 46.5 Å². The van der Waals surface area contributed by atoms with E-state index in [1.807, 2.05) is 30.3 Å². The standard InChI is InChI=1S/C18H28O3/c19-18(20)15-11-6-4-2-1-3-5-7-12-16-21-17-13-9-8-10-14-17/h8-10,13-14H,1-7,11-12,15-16H2,(H,19,20). The fraction of sp³-hybridized carbons (Fsp3) is 0.611. The maximum Gasteiger partial charge on any atom is 0.303 e. The number of unbranched alkanes of at least 4 members (excludes halogenated alkanes) is 8. The van der Waals surface area contributed by atoms with Crippen LogP contribution < -0.4 is 4.74 Å². The molecular formula is C18H28O3. The van der Waals surface area contributed by atoms with Gasteiger partial charge in [0.1, 0.15) is 5.75 Å². The van der Waals surface area contributed by atoms with Crippen molar-refractivity contribution in [1.82, 2.24) is 0 Å². The molecule has 0 unspecified atom stereocenters. The molecule has 21 heavy (non-hydrogen) atoms. The molecule has 0 saturated heterocycles. The zero-order valence-corrected chi connectivity index (χ0v) is 12.9. The summed E-state index contributed by atoms with van der Waals surface area (Å²) in [4.78, 5) is 10.3.